The Labute approximate surface area is 262 Å². The van der Waals surface area contributed by atoms with Gasteiger partial charge in [0.05, 0.1) is 19.8 Å². The Morgan fingerprint density at radius 1 is 0.591 bits per heavy atom. The molecule has 0 aliphatic carbocycles. The highest BCUT2D eigenvalue weighted by atomic mass is 16.8. The molecule has 2 aliphatic heterocycles. The van der Waals surface area contributed by atoms with Crippen molar-refractivity contribution in [2.75, 3.05) is 33.5 Å². The number of aliphatic hydroxyl groups excluding tert-OH is 7. The van der Waals surface area contributed by atoms with E-state index in [9.17, 15) is 35.7 Å². The van der Waals surface area contributed by atoms with Gasteiger partial charge in [0.25, 0.3) is 0 Å². The molecule has 2 heterocycles. The minimum Gasteiger partial charge on any atom is -0.394 e. The number of rotatable bonds is 24. The van der Waals surface area contributed by atoms with E-state index in [-0.39, 0.29) is 6.61 Å². The summed E-state index contributed by atoms with van der Waals surface area (Å²) in [6.07, 6.45) is 1.66. The molecule has 0 spiro atoms. The molecule has 44 heavy (non-hydrogen) atoms. The molecule has 262 valence electrons. The van der Waals surface area contributed by atoms with Crippen LogP contribution in [0.4, 0.5) is 0 Å². The van der Waals surface area contributed by atoms with Gasteiger partial charge in [0.2, 0.25) is 0 Å². The van der Waals surface area contributed by atoms with Crippen molar-refractivity contribution in [1.82, 2.24) is 0 Å². The van der Waals surface area contributed by atoms with E-state index >= 15 is 0 Å². The smallest absolute Gasteiger partial charge is 0.189 e. The minimum atomic E-state index is -1.74. The molecule has 0 saturated carbocycles. The third-order valence-electron chi connectivity index (χ3n) is 8.41. The number of hydrogen-bond acceptors (Lipinski definition) is 13. The molecule has 0 aromatic rings. The molecule has 0 bridgehead atoms. The van der Waals surface area contributed by atoms with Gasteiger partial charge >= 0.3 is 0 Å². The predicted octanol–water partition coefficient (Wildman–Crippen LogP) is 1.10. The SMILES string of the molecule is CCCCCCCCCCCCCCCCOCC(OC)O[C@@H]1O[C@H](CO)[C@@H](O[C@@H]2O[C@H](CO)[C@H](O)[C@H](O)[C@H]2O)[C@H](O)[C@H]1O. The van der Waals surface area contributed by atoms with Gasteiger partial charge < -0.3 is 64.2 Å². The van der Waals surface area contributed by atoms with Crippen molar-refractivity contribution in [3.05, 3.63) is 0 Å². The van der Waals surface area contributed by atoms with Gasteiger partial charge in [-0.05, 0) is 6.42 Å². The summed E-state index contributed by atoms with van der Waals surface area (Å²) in [6, 6.07) is 0. The van der Waals surface area contributed by atoms with Gasteiger partial charge in [0.15, 0.2) is 18.9 Å². The first-order valence-corrected chi connectivity index (χ1v) is 16.6. The molecule has 0 radical (unpaired) electrons. The number of aliphatic hydroxyl groups is 7. The number of methoxy groups -OCH3 is 1. The first-order chi connectivity index (χ1) is 21.3. The van der Waals surface area contributed by atoms with Gasteiger partial charge in [-0.15, -0.1) is 0 Å². The number of unbranched alkanes of at least 4 members (excludes halogenated alkanes) is 13. The van der Waals surface area contributed by atoms with E-state index < -0.39 is 80.9 Å². The lowest BCUT2D eigenvalue weighted by Gasteiger charge is -2.46. The molecular formula is C31H60O13. The van der Waals surface area contributed by atoms with Gasteiger partial charge in [-0.1, -0.05) is 90.4 Å². The van der Waals surface area contributed by atoms with Crippen LogP contribution in [0.1, 0.15) is 96.8 Å². The van der Waals surface area contributed by atoms with Crippen molar-refractivity contribution in [2.45, 2.75) is 165 Å². The molecule has 2 aliphatic rings. The molecule has 7 N–H and O–H groups in total. The Morgan fingerprint density at radius 2 is 1.09 bits per heavy atom. The third-order valence-corrected chi connectivity index (χ3v) is 8.41. The highest BCUT2D eigenvalue weighted by Crippen LogP contribution is 2.30. The summed E-state index contributed by atoms with van der Waals surface area (Å²) < 4.78 is 33.2. The van der Waals surface area contributed by atoms with Crippen LogP contribution in [0, 0.1) is 0 Å². The molecule has 0 aromatic carbocycles. The Bertz CT molecular complexity index is 699. The van der Waals surface area contributed by atoms with Crippen LogP contribution in [-0.4, -0.2) is 137 Å². The van der Waals surface area contributed by atoms with E-state index in [4.69, 9.17) is 28.4 Å². The molecule has 0 amide bonds. The van der Waals surface area contributed by atoms with E-state index in [0.717, 1.165) is 12.8 Å². The van der Waals surface area contributed by atoms with Crippen molar-refractivity contribution < 1.29 is 64.2 Å². The van der Waals surface area contributed by atoms with E-state index in [2.05, 4.69) is 6.92 Å². The van der Waals surface area contributed by atoms with Crippen LogP contribution in [-0.2, 0) is 28.4 Å². The Morgan fingerprint density at radius 3 is 1.61 bits per heavy atom. The van der Waals surface area contributed by atoms with Crippen molar-refractivity contribution in [3.63, 3.8) is 0 Å². The lowest BCUT2D eigenvalue weighted by atomic mass is 9.97. The minimum absolute atomic E-state index is 0.0617. The summed E-state index contributed by atoms with van der Waals surface area (Å²) in [5, 5.41) is 70.9. The molecule has 1 unspecified atom stereocenters. The molecule has 11 atom stereocenters. The van der Waals surface area contributed by atoms with Crippen LogP contribution in [0.25, 0.3) is 0 Å². The Balaban J connectivity index is 1.63. The van der Waals surface area contributed by atoms with Crippen LogP contribution in [0.2, 0.25) is 0 Å². The van der Waals surface area contributed by atoms with Crippen molar-refractivity contribution in [1.29, 1.82) is 0 Å². The third kappa shape index (κ3) is 13.3. The summed E-state index contributed by atoms with van der Waals surface area (Å²) in [7, 11) is 1.40. The fourth-order valence-electron chi connectivity index (χ4n) is 5.56. The first-order valence-electron chi connectivity index (χ1n) is 16.6. The largest absolute Gasteiger partial charge is 0.394 e. The summed E-state index contributed by atoms with van der Waals surface area (Å²) in [6.45, 7) is 1.51. The monoisotopic (exact) mass is 640 g/mol. The molecule has 2 rings (SSSR count). The standard InChI is InChI=1S/C31H60O13/c1-3-4-5-6-7-8-9-10-11-12-13-14-15-16-17-40-20-23(39-2)43-30-28(38)26(36)29(22(19-33)42-30)44-31-27(37)25(35)24(34)21(18-32)41-31/h21-38H,3-20H2,1-2H3/t21-,22-,23?,24+,25+,26-,27-,28-,29-,30+,31+/m1/s1. The average Bonchev–Trinajstić information content (AvgIpc) is 3.03. The Hall–Kier alpha value is -0.520. The van der Waals surface area contributed by atoms with Gasteiger partial charge in [-0.25, -0.2) is 0 Å². The number of ether oxygens (including phenoxy) is 6. The molecule has 0 aromatic heterocycles. The predicted molar refractivity (Wildman–Crippen MR) is 159 cm³/mol. The van der Waals surface area contributed by atoms with E-state index in [1.807, 2.05) is 0 Å². The fourth-order valence-corrected chi connectivity index (χ4v) is 5.56. The maximum Gasteiger partial charge on any atom is 0.189 e. The summed E-state index contributed by atoms with van der Waals surface area (Å²) in [5.41, 5.74) is 0. The van der Waals surface area contributed by atoms with Crippen molar-refractivity contribution in [2.24, 2.45) is 0 Å². The second-order valence-corrected chi connectivity index (χ2v) is 12.0. The normalized spacial score (nSPS) is 33.5. The summed E-state index contributed by atoms with van der Waals surface area (Å²) >= 11 is 0. The number of hydrogen-bond donors (Lipinski definition) is 7. The van der Waals surface area contributed by atoms with Crippen LogP contribution >= 0.6 is 0 Å². The zero-order valence-corrected chi connectivity index (χ0v) is 26.7. The zero-order valence-electron chi connectivity index (χ0n) is 26.7. The first kappa shape index (κ1) is 39.7. The van der Waals surface area contributed by atoms with E-state index in [1.54, 1.807) is 0 Å². The van der Waals surface area contributed by atoms with Crippen LogP contribution in [0.5, 0.6) is 0 Å². The lowest BCUT2D eigenvalue weighted by Crippen LogP contribution is -2.65. The summed E-state index contributed by atoms with van der Waals surface area (Å²) in [5.74, 6) is 0. The topological polar surface area (TPSA) is 197 Å². The van der Waals surface area contributed by atoms with Crippen molar-refractivity contribution >= 4 is 0 Å². The zero-order chi connectivity index (χ0) is 32.3. The van der Waals surface area contributed by atoms with Gasteiger partial charge in [-0.3, -0.25) is 0 Å². The maximum absolute atomic E-state index is 10.8. The lowest BCUT2D eigenvalue weighted by molar-refractivity contribution is -0.373. The Kier molecular flexibility index (Phi) is 20.7. The van der Waals surface area contributed by atoms with E-state index in [0.29, 0.717) is 6.61 Å². The van der Waals surface area contributed by atoms with Gasteiger partial charge in [-0.2, -0.15) is 0 Å². The maximum atomic E-state index is 10.8. The summed E-state index contributed by atoms with van der Waals surface area (Å²) in [4.78, 5) is 0. The van der Waals surface area contributed by atoms with Crippen molar-refractivity contribution in [3.8, 4) is 0 Å². The molecule has 13 nitrogen and oxygen atoms in total. The fraction of sp³-hybridized carbons (Fsp3) is 1.00. The van der Waals surface area contributed by atoms with E-state index in [1.165, 1.54) is 84.2 Å². The second-order valence-electron chi connectivity index (χ2n) is 12.0. The molecule has 2 saturated heterocycles. The highest BCUT2D eigenvalue weighted by Gasteiger charge is 2.51. The van der Waals surface area contributed by atoms with Crippen LogP contribution in [0.3, 0.4) is 0 Å². The van der Waals surface area contributed by atoms with Crippen LogP contribution < -0.4 is 0 Å². The average molecular weight is 641 g/mol. The van der Waals surface area contributed by atoms with Gasteiger partial charge in [0, 0.05) is 13.7 Å². The van der Waals surface area contributed by atoms with Crippen LogP contribution in [0.15, 0.2) is 0 Å². The highest BCUT2D eigenvalue weighted by molar-refractivity contribution is 4.94. The van der Waals surface area contributed by atoms with Gasteiger partial charge in [0.1, 0.15) is 48.8 Å². The quantitative estimate of drug-likeness (QED) is 0.0586. The second kappa shape index (κ2) is 22.9. The molecule has 13 heteroatoms. The molecule has 2 fully saturated rings. The molecular weight excluding hydrogens is 580 g/mol.